The van der Waals surface area contributed by atoms with Crippen LogP contribution in [0.1, 0.15) is 65.2 Å². The van der Waals surface area contributed by atoms with Gasteiger partial charge in [-0.15, -0.1) is 0 Å². The Balaban J connectivity index is 1.64. The van der Waals surface area contributed by atoms with Crippen LogP contribution in [0.4, 0.5) is 0 Å². The van der Waals surface area contributed by atoms with Gasteiger partial charge in [0.2, 0.25) is 0 Å². The number of hydrogen-bond donors (Lipinski definition) is 0. The normalized spacial score (nSPS) is 45.4. The van der Waals surface area contributed by atoms with Gasteiger partial charge in [-0.2, -0.15) is 0 Å². The summed E-state index contributed by atoms with van der Waals surface area (Å²) < 4.78 is 20.8. The molecule has 0 aliphatic heterocycles. The summed E-state index contributed by atoms with van der Waals surface area (Å²) in [6.07, 6.45) is 11.9. The van der Waals surface area contributed by atoms with Crippen LogP contribution in [0.2, 0.25) is 58.9 Å². The Hall–Kier alpha value is 0.531. The summed E-state index contributed by atoms with van der Waals surface area (Å²) in [5.74, 6) is 3.14. The molecule has 0 aromatic heterocycles. The zero-order valence-corrected chi connectivity index (χ0v) is 27.4. The Morgan fingerprint density at radius 2 is 1.26 bits per heavy atom. The Morgan fingerprint density at radius 3 is 1.85 bits per heavy atom. The van der Waals surface area contributed by atoms with Crippen LogP contribution in [0.5, 0.6) is 0 Å². The van der Waals surface area contributed by atoms with Crippen molar-refractivity contribution in [2.45, 2.75) is 142 Å². The van der Waals surface area contributed by atoms with Crippen LogP contribution in [0.3, 0.4) is 0 Å². The Morgan fingerprint density at radius 1 is 0.647 bits per heavy atom. The predicted octanol–water partition coefficient (Wildman–Crippen LogP) is 8.30. The second kappa shape index (κ2) is 9.07. The molecule has 4 fully saturated rings. The molecule has 4 aliphatic carbocycles. The van der Waals surface area contributed by atoms with E-state index >= 15 is 0 Å². The summed E-state index contributed by atoms with van der Waals surface area (Å²) in [6, 6.07) is 0. The molecule has 6 heteroatoms. The molecule has 0 aromatic carbocycles. The predicted molar refractivity (Wildman–Crippen MR) is 152 cm³/mol. The maximum atomic E-state index is 7.19. The lowest BCUT2D eigenvalue weighted by atomic mass is 9.44. The summed E-state index contributed by atoms with van der Waals surface area (Å²) in [5, 5.41) is 0. The molecule has 0 heterocycles. The summed E-state index contributed by atoms with van der Waals surface area (Å²) >= 11 is 0. The molecule has 0 unspecified atom stereocenters. The van der Waals surface area contributed by atoms with E-state index in [2.05, 4.69) is 72.8 Å². The summed E-state index contributed by atoms with van der Waals surface area (Å²) in [6.45, 7) is 26.7. The Bertz CT molecular complexity index is 739. The lowest BCUT2D eigenvalue weighted by Gasteiger charge is -2.64. The second-order valence-corrected chi connectivity index (χ2v) is 29.4. The van der Waals surface area contributed by atoms with Gasteiger partial charge < -0.3 is 13.3 Å². The van der Waals surface area contributed by atoms with E-state index in [9.17, 15) is 0 Å². The minimum atomic E-state index is -1.65. The van der Waals surface area contributed by atoms with Crippen molar-refractivity contribution in [3.8, 4) is 0 Å². The largest absolute Gasteiger partial charge is 0.415 e. The van der Waals surface area contributed by atoms with E-state index in [1.807, 2.05) is 0 Å². The maximum absolute atomic E-state index is 7.19. The van der Waals surface area contributed by atoms with Gasteiger partial charge in [0.1, 0.15) is 0 Å². The van der Waals surface area contributed by atoms with Crippen LogP contribution in [-0.2, 0) is 13.3 Å². The molecule has 4 aliphatic rings. The van der Waals surface area contributed by atoms with Crippen molar-refractivity contribution >= 4 is 25.0 Å². The lowest BCUT2D eigenvalue weighted by Crippen LogP contribution is -2.62. The van der Waals surface area contributed by atoms with Crippen LogP contribution in [0, 0.1) is 34.5 Å². The van der Waals surface area contributed by atoms with E-state index in [1.165, 1.54) is 51.4 Å². The van der Waals surface area contributed by atoms with Gasteiger partial charge in [0.05, 0.1) is 6.10 Å². The zero-order valence-electron chi connectivity index (χ0n) is 24.4. The van der Waals surface area contributed by atoms with Gasteiger partial charge in [0.15, 0.2) is 25.0 Å². The lowest BCUT2D eigenvalue weighted by molar-refractivity contribution is -0.176. The molecule has 0 radical (unpaired) electrons. The van der Waals surface area contributed by atoms with Crippen molar-refractivity contribution in [3.05, 3.63) is 0 Å². The van der Waals surface area contributed by atoms with Crippen LogP contribution in [-0.4, -0.2) is 43.3 Å². The molecule has 0 spiro atoms. The fourth-order valence-electron chi connectivity index (χ4n) is 9.05. The third kappa shape index (κ3) is 5.52. The molecular weight excluding hydrogens is 469 g/mol. The van der Waals surface area contributed by atoms with E-state index in [4.69, 9.17) is 13.3 Å². The second-order valence-electron chi connectivity index (χ2n) is 16.0. The highest BCUT2D eigenvalue weighted by Crippen LogP contribution is 2.67. The molecule has 3 nitrogen and oxygen atoms in total. The molecule has 0 N–H and O–H groups in total. The van der Waals surface area contributed by atoms with Crippen LogP contribution < -0.4 is 0 Å². The monoisotopic (exact) mass is 524 g/mol. The first kappa shape index (κ1) is 27.6. The van der Waals surface area contributed by atoms with Gasteiger partial charge >= 0.3 is 0 Å². The topological polar surface area (TPSA) is 27.7 Å². The van der Waals surface area contributed by atoms with Gasteiger partial charge in [-0.05, 0) is 145 Å². The maximum Gasteiger partial charge on any atom is 0.184 e. The van der Waals surface area contributed by atoms with Crippen molar-refractivity contribution < 1.29 is 13.3 Å². The fraction of sp³-hybridized carbons (Fsp3) is 1.00. The molecule has 0 aromatic rings. The summed E-state index contributed by atoms with van der Waals surface area (Å²) in [7, 11) is -4.71. The molecule has 9 atom stereocenters. The summed E-state index contributed by atoms with van der Waals surface area (Å²) in [4.78, 5) is 0. The molecule has 0 bridgehead atoms. The first-order valence-electron chi connectivity index (χ1n) is 14.4. The van der Waals surface area contributed by atoms with Crippen LogP contribution in [0.15, 0.2) is 0 Å². The minimum absolute atomic E-state index is 0.285. The van der Waals surface area contributed by atoms with Gasteiger partial charge in [-0.1, -0.05) is 13.8 Å². The van der Waals surface area contributed by atoms with E-state index < -0.39 is 25.0 Å². The Kier molecular flexibility index (Phi) is 7.36. The van der Waals surface area contributed by atoms with Crippen molar-refractivity contribution in [2.24, 2.45) is 34.5 Å². The molecular formula is C28H56O3Si3. The van der Waals surface area contributed by atoms with Crippen LogP contribution >= 0.6 is 0 Å². The number of hydrogen-bond acceptors (Lipinski definition) is 3. The quantitative estimate of drug-likeness (QED) is 0.327. The molecule has 34 heavy (non-hydrogen) atoms. The molecule has 4 saturated carbocycles. The van der Waals surface area contributed by atoms with Gasteiger partial charge in [-0.25, -0.2) is 0 Å². The van der Waals surface area contributed by atoms with Gasteiger partial charge in [0, 0.05) is 12.2 Å². The smallest absolute Gasteiger partial charge is 0.184 e. The molecule has 0 amide bonds. The Labute approximate surface area is 214 Å². The average molecular weight is 525 g/mol. The fourth-order valence-corrected chi connectivity index (χ4v) is 12.6. The van der Waals surface area contributed by atoms with Crippen molar-refractivity contribution in [1.82, 2.24) is 0 Å². The minimum Gasteiger partial charge on any atom is -0.415 e. The van der Waals surface area contributed by atoms with E-state index in [0.717, 1.165) is 23.7 Å². The molecule has 4 rings (SSSR count). The van der Waals surface area contributed by atoms with Gasteiger partial charge in [-0.3, -0.25) is 0 Å². The van der Waals surface area contributed by atoms with E-state index in [0.29, 0.717) is 23.7 Å². The summed E-state index contributed by atoms with van der Waals surface area (Å²) in [5.41, 5.74) is 0.693. The SMILES string of the molecule is C[C@]12CC[C@@H](O[Si](C)(C)C)C[C@H]1CC[C@@H]1[C@@H]2[C@H](O[Si](C)(C)C)C[C@]2(C)[C@@H](O[Si](C)(C)C)CC[C@@H]12. The number of rotatable bonds is 6. The number of fused-ring (bicyclic) bond motifs is 5. The van der Waals surface area contributed by atoms with Crippen molar-refractivity contribution in [2.75, 3.05) is 0 Å². The van der Waals surface area contributed by atoms with Crippen molar-refractivity contribution in [1.29, 1.82) is 0 Å². The standard InChI is InChI=1S/C28H56O3Si3/c1-27-17-16-21(29-32(3,4)5)18-20(27)12-13-22-23-14-15-25(31-34(9,10)11)28(23,2)19-24(26(22)27)30-33(6,7)8/h20-26H,12-19H2,1-11H3/t20-,21-,22+,23+,24-,25+,26-,27+,28+/m1/s1. The van der Waals surface area contributed by atoms with E-state index in [-0.39, 0.29) is 5.41 Å². The average Bonchev–Trinajstić information content (AvgIpc) is 2.93. The van der Waals surface area contributed by atoms with E-state index in [1.54, 1.807) is 0 Å². The first-order valence-corrected chi connectivity index (χ1v) is 24.7. The highest BCUT2D eigenvalue weighted by molar-refractivity contribution is 6.70. The van der Waals surface area contributed by atoms with Crippen molar-refractivity contribution in [3.63, 3.8) is 0 Å². The van der Waals surface area contributed by atoms with Gasteiger partial charge in [0.25, 0.3) is 0 Å². The third-order valence-corrected chi connectivity index (χ3v) is 13.0. The zero-order chi connectivity index (χ0) is 25.3. The first-order chi connectivity index (χ1) is 15.4. The molecule has 0 saturated heterocycles. The van der Waals surface area contributed by atoms with Crippen LogP contribution in [0.25, 0.3) is 0 Å². The highest BCUT2D eigenvalue weighted by atomic mass is 28.4. The third-order valence-electron chi connectivity index (χ3n) is 9.96. The molecule has 198 valence electrons. The highest BCUT2D eigenvalue weighted by Gasteiger charge is 2.64.